The summed E-state index contributed by atoms with van der Waals surface area (Å²) < 4.78 is 7.26. The van der Waals surface area contributed by atoms with Crippen molar-refractivity contribution >= 4 is 60.4 Å². The lowest BCUT2D eigenvalue weighted by Crippen LogP contribution is -2.55. The van der Waals surface area contributed by atoms with Gasteiger partial charge in [-0.25, -0.2) is 0 Å². The SMILES string of the molecule is C[C@@H]1[C@@H]([Si](C)(C)O)[C@H](CC(=O)N(CCO)Cc2ccccc2)O[C@@]12C(=O)N(Cc1ccc(N3CN(c4ccccc4)C4(CCNCC4)C3=O)cc1)c1ccc(N3CN(c4ccccc4)C4(CCNCC4)C3=O)cc12. The average Bonchev–Trinajstić information content (AvgIpc) is 4.05. The zero-order chi connectivity index (χ0) is 51.4. The summed E-state index contributed by atoms with van der Waals surface area (Å²) in [7, 11) is -3.21. The van der Waals surface area contributed by atoms with Gasteiger partial charge in [-0.05, 0) is 131 Å². The highest BCUT2D eigenvalue weighted by Gasteiger charge is 2.67. The Hall–Kier alpha value is -6.40. The van der Waals surface area contributed by atoms with E-state index in [9.17, 15) is 19.5 Å². The molecule has 386 valence electrons. The third kappa shape index (κ3) is 8.39. The predicted octanol–water partition coefficient (Wildman–Crippen LogP) is 6.31. The molecule has 5 aromatic rings. The van der Waals surface area contributed by atoms with Gasteiger partial charge in [-0.1, -0.05) is 85.8 Å². The Kier molecular flexibility index (Phi) is 13.3. The molecule has 5 saturated heterocycles. The minimum Gasteiger partial charge on any atom is -0.432 e. The molecule has 3 spiro atoms. The summed E-state index contributed by atoms with van der Waals surface area (Å²) in [5.74, 6) is -1.05. The van der Waals surface area contributed by atoms with Crippen molar-refractivity contribution in [1.82, 2.24) is 15.5 Å². The van der Waals surface area contributed by atoms with Crippen LogP contribution in [0.5, 0.6) is 0 Å². The number of ether oxygens (including phenoxy) is 1. The lowest BCUT2D eigenvalue weighted by Gasteiger charge is -2.39. The Morgan fingerprint density at radius 3 is 1.72 bits per heavy atom. The number of aliphatic hydroxyl groups is 1. The van der Waals surface area contributed by atoms with Crippen molar-refractivity contribution in [2.24, 2.45) is 5.92 Å². The Labute approximate surface area is 434 Å². The van der Waals surface area contributed by atoms with Crippen LogP contribution in [0.2, 0.25) is 18.6 Å². The van der Waals surface area contributed by atoms with Gasteiger partial charge in [0.1, 0.15) is 11.1 Å². The normalized spacial score (nSPS) is 24.3. The lowest BCUT2D eigenvalue weighted by atomic mass is 9.82. The van der Waals surface area contributed by atoms with Gasteiger partial charge < -0.3 is 44.9 Å². The summed E-state index contributed by atoms with van der Waals surface area (Å²) in [4.78, 5) is 83.8. The van der Waals surface area contributed by atoms with E-state index in [2.05, 4.69) is 32.6 Å². The van der Waals surface area contributed by atoms with Crippen LogP contribution in [0.25, 0.3) is 0 Å². The highest BCUT2D eigenvalue weighted by atomic mass is 28.4. The molecule has 0 bridgehead atoms. The number of aliphatic hydroxyl groups excluding tert-OH is 1. The van der Waals surface area contributed by atoms with E-state index < -0.39 is 42.6 Å². The van der Waals surface area contributed by atoms with Crippen LogP contribution in [0.3, 0.4) is 0 Å². The van der Waals surface area contributed by atoms with Crippen LogP contribution in [-0.2, 0) is 42.6 Å². The Morgan fingerprint density at radius 2 is 1.19 bits per heavy atom. The number of amides is 4. The highest BCUT2D eigenvalue weighted by Crippen LogP contribution is 2.60. The van der Waals surface area contributed by atoms with Crippen molar-refractivity contribution in [2.75, 3.05) is 77.2 Å². The van der Waals surface area contributed by atoms with Crippen molar-refractivity contribution in [3.05, 3.63) is 150 Å². The zero-order valence-electron chi connectivity index (χ0n) is 42.7. The van der Waals surface area contributed by atoms with Gasteiger partial charge in [0, 0.05) is 52.9 Å². The summed E-state index contributed by atoms with van der Waals surface area (Å²) in [5, 5.41) is 17.0. The van der Waals surface area contributed by atoms with Crippen LogP contribution in [-0.4, -0.2) is 117 Å². The molecule has 74 heavy (non-hydrogen) atoms. The summed E-state index contributed by atoms with van der Waals surface area (Å²) in [6.45, 7) is 9.64. The Morgan fingerprint density at radius 1 is 0.676 bits per heavy atom. The van der Waals surface area contributed by atoms with E-state index >= 15 is 9.59 Å². The number of benzene rings is 5. The first-order valence-corrected chi connectivity index (χ1v) is 29.4. The van der Waals surface area contributed by atoms with Crippen LogP contribution in [0.1, 0.15) is 55.7 Å². The van der Waals surface area contributed by atoms with Gasteiger partial charge in [0.25, 0.3) is 17.7 Å². The molecule has 0 unspecified atom stereocenters. The number of para-hydroxylation sites is 2. The molecular weight excluding hydrogens is 949 g/mol. The number of carbonyl (C=O) groups is 4. The van der Waals surface area contributed by atoms with Gasteiger partial charge in [0.15, 0.2) is 13.9 Å². The van der Waals surface area contributed by atoms with Crippen LogP contribution in [0.4, 0.5) is 28.4 Å². The fraction of sp³-hybridized carbons (Fsp3) is 0.414. The van der Waals surface area contributed by atoms with E-state index in [1.807, 2.05) is 151 Å². The smallest absolute Gasteiger partial charge is 0.264 e. The first kappa shape index (κ1) is 49.8. The minimum absolute atomic E-state index is 0.000554. The molecule has 4 N–H and O–H groups in total. The summed E-state index contributed by atoms with van der Waals surface area (Å²) in [6.07, 6.45) is 1.73. The first-order valence-electron chi connectivity index (χ1n) is 26.4. The third-order valence-electron chi connectivity index (χ3n) is 17.1. The standard InChI is InChI=1S/C58H68N8O7Si/c1-41-52(74(2,3)72)50(36-51(68)61(33-34-67)37-42-13-7-4-8-14-42)73-58(41)48-35-47(64-40-66(46-17-11-6-12-18-46)57(54(64)70)27-31-60-32-28-57)23-24-49(48)62(55(58)71)38-43-19-21-44(22-20-43)63-39-65(45-15-9-5-10-16-45)56(53(63)69)25-29-59-30-26-56/h4-24,35,41,50,52,59-60,67,72H,25-34,36-40H2,1-3H3/t41-,50+,52-,58+/m1/s1. The highest BCUT2D eigenvalue weighted by molar-refractivity contribution is 6.71. The molecule has 11 rings (SSSR count). The van der Waals surface area contributed by atoms with Crippen molar-refractivity contribution in [2.45, 2.75) is 93.5 Å². The maximum absolute atomic E-state index is 15.9. The second kappa shape index (κ2) is 19.7. The Balaban J connectivity index is 0.951. The fourth-order valence-corrected chi connectivity index (χ4v) is 16.0. The minimum atomic E-state index is -3.21. The van der Waals surface area contributed by atoms with Crippen LogP contribution < -0.4 is 35.1 Å². The number of carbonyl (C=O) groups excluding carboxylic acids is 4. The first-order chi connectivity index (χ1) is 35.8. The van der Waals surface area contributed by atoms with Gasteiger partial charge in [0.05, 0.1) is 44.7 Å². The number of fused-ring (bicyclic) bond motifs is 2. The molecular formula is C58H68N8O7Si. The summed E-state index contributed by atoms with van der Waals surface area (Å²) >= 11 is 0. The van der Waals surface area contributed by atoms with Gasteiger partial charge >= 0.3 is 0 Å². The number of nitrogens with one attached hydrogen (secondary N) is 2. The van der Waals surface area contributed by atoms with E-state index in [4.69, 9.17) is 4.74 Å². The van der Waals surface area contributed by atoms with E-state index in [0.29, 0.717) is 69.0 Å². The van der Waals surface area contributed by atoms with Crippen LogP contribution >= 0.6 is 0 Å². The summed E-state index contributed by atoms with van der Waals surface area (Å²) in [6, 6.07) is 43.5. The van der Waals surface area contributed by atoms with E-state index in [0.717, 1.165) is 41.3 Å². The molecule has 0 saturated carbocycles. The van der Waals surface area contributed by atoms with Gasteiger partial charge in [-0.3, -0.25) is 29.0 Å². The number of hydrogen-bond donors (Lipinski definition) is 4. The molecule has 16 heteroatoms. The molecule has 15 nitrogen and oxygen atoms in total. The molecule has 6 aliphatic rings. The number of rotatable bonds is 13. The van der Waals surface area contributed by atoms with Crippen molar-refractivity contribution in [3.63, 3.8) is 0 Å². The Bertz CT molecular complexity index is 2880. The summed E-state index contributed by atoms with van der Waals surface area (Å²) in [5.41, 5.74) is 2.80. The second-order valence-electron chi connectivity index (χ2n) is 21.7. The van der Waals surface area contributed by atoms with Gasteiger partial charge in [-0.2, -0.15) is 0 Å². The van der Waals surface area contributed by atoms with E-state index in [1.165, 1.54) is 0 Å². The predicted molar refractivity (Wildman–Crippen MR) is 289 cm³/mol. The molecule has 4 amide bonds. The van der Waals surface area contributed by atoms with E-state index in [1.54, 1.807) is 9.80 Å². The van der Waals surface area contributed by atoms with Gasteiger partial charge in [-0.15, -0.1) is 0 Å². The molecule has 4 atom stereocenters. The van der Waals surface area contributed by atoms with Crippen molar-refractivity contribution in [3.8, 4) is 0 Å². The molecule has 6 aliphatic heterocycles. The molecule has 0 aliphatic carbocycles. The average molecular weight is 1020 g/mol. The van der Waals surface area contributed by atoms with E-state index in [-0.39, 0.29) is 56.3 Å². The maximum Gasteiger partial charge on any atom is 0.264 e. The van der Waals surface area contributed by atoms with Gasteiger partial charge in [0.2, 0.25) is 5.91 Å². The van der Waals surface area contributed by atoms with Crippen molar-refractivity contribution in [1.29, 1.82) is 0 Å². The maximum atomic E-state index is 15.9. The molecule has 0 radical (unpaired) electrons. The largest absolute Gasteiger partial charge is 0.432 e. The number of anilines is 5. The number of nitrogens with zero attached hydrogens (tertiary/aromatic N) is 6. The number of hydrogen-bond acceptors (Lipinski definition) is 11. The molecule has 5 fully saturated rings. The zero-order valence-corrected chi connectivity index (χ0v) is 43.7. The van der Waals surface area contributed by atoms with Crippen LogP contribution in [0.15, 0.2) is 133 Å². The lowest BCUT2D eigenvalue weighted by molar-refractivity contribution is -0.150. The molecule has 6 heterocycles. The second-order valence-corrected chi connectivity index (χ2v) is 25.7. The fourth-order valence-electron chi connectivity index (χ4n) is 13.4. The topological polar surface area (TPSA) is 161 Å². The quantitative estimate of drug-likeness (QED) is 0.0980. The number of piperidine rings is 2. The van der Waals surface area contributed by atoms with Crippen LogP contribution in [0, 0.1) is 5.92 Å². The third-order valence-corrected chi connectivity index (χ3v) is 19.6. The van der Waals surface area contributed by atoms with Crippen molar-refractivity contribution < 1.29 is 33.8 Å². The molecule has 0 aromatic heterocycles. The monoisotopic (exact) mass is 1020 g/mol. The molecule has 5 aromatic carbocycles.